The predicted molar refractivity (Wildman–Crippen MR) is 88.7 cm³/mol. The van der Waals surface area contributed by atoms with Gasteiger partial charge in [0.2, 0.25) is 5.91 Å². The third-order valence-electron chi connectivity index (χ3n) is 4.81. The number of aryl methyl sites for hydroxylation is 1. The van der Waals surface area contributed by atoms with Crippen molar-refractivity contribution in [3.05, 3.63) is 35.4 Å². The van der Waals surface area contributed by atoms with E-state index in [1.54, 1.807) is 0 Å². The van der Waals surface area contributed by atoms with Crippen LogP contribution in [0.4, 0.5) is 0 Å². The molecule has 4 heteroatoms. The van der Waals surface area contributed by atoms with E-state index in [1.165, 1.54) is 24.0 Å². The van der Waals surface area contributed by atoms with Crippen LogP contribution in [0.15, 0.2) is 24.3 Å². The third kappa shape index (κ3) is 4.08. The molecule has 2 heterocycles. The lowest BCUT2D eigenvalue weighted by atomic mass is 10.1. The quantitative estimate of drug-likeness (QED) is 0.847. The van der Waals surface area contributed by atoms with E-state index in [2.05, 4.69) is 41.0 Å². The number of hydrogen-bond donors (Lipinski definition) is 0. The molecule has 1 aromatic carbocycles. The monoisotopic (exact) mass is 301 g/mol. The molecule has 3 rings (SSSR count). The summed E-state index contributed by atoms with van der Waals surface area (Å²) in [5.74, 6) is 0.317. The molecule has 1 aromatic rings. The van der Waals surface area contributed by atoms with Crippen LogP contribution in [-0.4, -0.2) is 66.4 Å². The SMILES string of the molecule is Cc1ccc(CN2CCN(C(=O)CN3CCCC3)CC2)cc1. The maximum Gasteiger partial charge on any atom is 0.236 e. The van der Waals surface area contributed by atoms with Crippen molar-refractivity contribution in [2.75, 3.05) is 45.8 Å². The van der Waals surface area contributed by atoms with E-state index in [9.17, 15) is 4.79 Å². The fourth-order valence-corrected chi connectivity index (χ4v) is 3.34. The topological polar surface area (TPSA) is 26.8 Å². The first-order chi connectivity index (χ1) is 10.7. The highest BCUT2D eigenvalue weighted by atomic mass is 16.2. The van der Waals surface area contributed by atoms with Crippen molar-refractivity contribution in [3.63, 3.8) is 0 Å². The van der Waals surface area contributed by atoms with Gasteiger partial charge in [-0.2, -0.15) is 0 Å². The van der Waals surface area contributed by atoms with Crippen LogP contribution < -0.4 is 0 Å². The Hall–Kier alpha value is -1.39. The molecule has 0 bridgehead atoms. The molecule has 0 radical (unpaired) electrons. The number of carbonyl (C=O) groups is 1. The Kier molecular flexibility index (Phi) is 5.11. The van der Waals surface area contributed by atoms with Crippen LogP contribution in [0, 0.1) is 6.92 Å². The van der Waals surface area contributed by atoms with Crippen molar-refractivity contribution in [2.45, 2.75) is 26.3 Å². The summed E-state index contributed by atoms with van der Waals surface area (Å²) in [6.45, 7) is 9.65. The molecule has 0 aliphatic carbocycles. The number of amides is 1. The van der Waals surface area contributed by atoms with Gasteiger partial charge in [0.15, 0.2) is 0 Å². The summed E-state index contributed by atoms with van der Waals surface area (Å²) in [6, 6.07) is 8.76. The van der Waals surface area contributed by atoms with Gasteiger partial charge >= 0.3 is 0 Å². The summed E-state index contributed by atoms with van der Waals surface area (Å²) in [5.41, 5.74) is 2.67. The second kappa shape index (κ2) is 7.25. The van der Waals surface area contributed by atoms with Gasteiger partial charge in [-0.1, -0.05) is 29.8 Å². The molecular formula is C18H27N3O. The largest absolute Gasteiger partial charge is 0.339 e. The van der Waals surface area contributed by atoms with Crippen LogP contribution >= 0.6 is 0 Å². The van der Waals surface area contributed by atoms with Crippen LogP contribution in [-0.2, 0) is 11.3 Å². The van der Waals surface area contributed by atoms with Crippen LogP contribution in [0.1, 0.15) is 24.0 Å². The molecule has 2 aliphatic rings. The number of carbonyl (C=O) groups excluding carboxylic acids is 1. The van der Waals surface area contributed by atoms with Gasteiger partial charge < -0.3 is 4.90 Å². The molecule has 120 valence electrons. The fraction of sp³-hybridized carbons (Fsp3) is 0.611. The first kappa shape index (κ1) is 15.5. The van der Waals surface area contributed by atoms with E-state index < -0.39 is 0 Å². The minimum Gasteiger partial charge on any atom is -0.339 e. The lowest BCUT2D eigenvalue weighted by Gasteiger charge is -2.35. The molecule has 0 N–H and O–H groups in total. The molecule has 0 unspecified atom stereocenters. The van der Waals surface area contributed by atoms with Crippen LogP contribution in [0.2, 0.25) is 0 Å². The summed E-state index contributed by atoms with van der Waals surface area (Å²) in [5, 5.41) is 0. The Labute approximate surface area is 133 Å². The first-order valence-electron chi connectivity index (χ1n) is 8.49. The average Bonchev–Trinajstić information content (AvgIpc) is 3.03. The van der Waals surface area contributed by atoms with Crippen LogP contribution in [0.25, 0.3) is 0 Å². The van der Waals surface area contributed by atoms with Gasteiger partial charge in [-0.15, -0.1) is 0 Å². The van der Waals surface area contributed by atoms with Crippen molar-refractivity contribution in [1.82, 2.24) is 14.7 Å². The highest BCUT2D eigenvalue weighted by molar-refractivity contribution is 5.78. The zero-order valence-corrected chi connectivity index (χ0v) is 13.6. The minimum absolute atomic E-state index is 0.317. The maximum atomic E-state index is 12.3. The molecule has 1 amide bonds. The number of hydrogen-bond acceptors (Lipinski definition) is 3. The number of rotatable bonds is 4. The Morgan fingerprint density at radius 2 is 1.55 bits per heavy atom. The summed E-state index contributed by atoms with van der Waals surface area (Å²) in [6.07, 6.45) is 2.50. The molecule has 0 spiro atoms. The Balaban J connectivity index is 1.43. The zero-order chi connectivity index (χ0) is 15.4. The highest BCUT2D eigenvalue weighted by Gasteiger charge is 2.23. The van der Waals surface area contributed by atoms with Crippen molar-refractivity contribution in [1.29, 1.82) is 0 Å². The normalized spacial score (nSPS) is 20.5. The molecule has 4 nitrogen and oxygen atoms in total. The molecular weight excluding hydrogens is 274 g/mol. The smallest absolute Gasteiger partial charge is 0.236 e. The van der Waals surface area contributed by atoms with Gasteiger partial charge in [0.25, 0.3) is 0 Å². The number of benzene rings is 1. The van der Waals surface area contributed by atoms with Gasteiger partial charge in [-0.25, -0.2) is 0 Å². The van der Waals surface area contributed by atoms with E-state index in [0.717, 1.165) is 45.8 Å². The second-order valence-electron chi connectivity index (χ2n) is 6.63. The Morgan fingerprint density at radius 3 is 2.18 bits per heavy atom. The molecule has 2 aliphatic heterocycles. The molecule has 0 saturated carbocycles. The van der Waals surface area contributed by atoms with E-state index >= 15 is 0 Å². The molecule has 2 fully saturated rings. The van der Waals surface area contributed by atoms with E-state index in [0.29, 0.717) is 12.5 Å². The summed E-state index contributed by atoms with van der Waals surface area (Å²) < 4.78 is 0. The van der Waals surface area contributed by atoms with Gasteiger partial charge in [0, 0.05) is 32.7 Å². The Bertz CT molecular complexity index is 486. The van der Waals surface area contributed by atoms with E-state index in [1.807, 2.05) is 4.90 Å². The standard InChI is InChI=1S/C18H27N3O/c1-16-4-6-17(7-5-16)14-20-10-12-21(13-11-20)18(22)15-19-8-2-3-9-19/h4-7H,2-3,8-15H2,1H3. The van der Waals surface area contributed by atoms with Gasteiger partial charge in [0.05, 0.1) is 6.54 Å². The minimum atomic E-state index is 0.317. The van der Waals surface area contributed by atoms with Crippen molar-refractivity contribution in [2.24, 2.45) is 0 Å². The molecule has 0 aromatic heterocycles. The number of likely N-dealkylation sites (tertiary alicyclic amines) is 1. The summed E-state index contributed by atoms with van der Waals surface area (Å²) >= 11 is 0. The molecule has 2 saturated heterocycles. The van der Waals surface area contributed by atoms with E-state index in [4.69, 9.17) is 0 Å². The zero-order valence-electron chi connectivity index (χ0n) is 13.6. The number of piperazine rings is 1. The van der Waals surface area contributed by atoms with Crippen molar-refractivity contribution in [3.8, 4) is 0 Å². The average molecular weight is 301 g/mol. The lowest BCUT2D eigenvalue weighted by molar-refractivity contribution is -0.134. The summed E-state index contributed by atoms with van der Waals surface area (Å²) in [7, 11) is 0. The number of nitrogens with zero attached hydrogens (tertiary/aromatic N) is 3. The molecule has 22 heavy (non-hydrogen) atoms. The first-order valence-corrected chi connectivity index (χ1v) is 8.49. The van der Waals surface area contributed by atoms with Gasteiger partial charge in [0.1, 0.15) is 0 Å². The highest BCUT2D eigenvalue weighted by Crippen LogP contribution is 2.11. The lowest BCUT2D eigenvalue weighted by Crippen LogP contribution is -2.50. The second-order valence-corrected chi connectivity index (χ2v) is 6.63. The maximum absolute atomic E-state index is 12.3. The van der Waals surface area contributed by atoms with Crippen molar-refractivity contribution >= 4 is 5.91 Å². The Morgan fingerprint density at radius 1 is 0.909 bits per heavy atom. The fourth-order valence-electron chi connectivity index (χ4n) is 3.34. The van der Waals surface area contributed by atoms with Crippen molar-refractivity contribution < 1.29 is 4.79 Å². The summed E-state index contributed by atoms with van der Waals surface area (Å²) in [4.78, 5) is 19.1. The van der Waals surface area contributed by atoms with E-state index in [-0.39, 0.29) is 0 Å². The van der Waals surface area contributed by atoms with Gasteiger partial charge in [-0.05, 0) is 38.4 Å². The third-order valence-corrected chi connectivity index (χ3v) is 4.81. The predicted octanol–water partition coefficient (Wildman–Crippen LogP) is 1.74. The van der Waals surface area contributed by atoms with Crippen LogP contribution in [0.3, 0.4) is 0 Å². The van der Waals surface area contributed by atoms with Crippen LogP contribution in [0.5, 0.6) is 0 Å². The van der Waals surface area contributed by atoms with Gasteiger partial charge in [-0.3, -0.25) is 14.6 Å². The molecule has 0 atom stereocenters.